The maximum Gasteiger partial charge on any atom is 0.240 e. The normalized spacial score (nSPS) is 18.7. The maximum atomic E-state index is 12.3. The number of nitrogens with one attached hydrogen (secondary N) is 1. The van der Waals surface area contributed by atoms with Gasteiger partial charge in [-0.05, 0) is 26.0 Å². The summed E-state index contributed by atoms with van der Waals surface area (Å²) < 4.78 is 13.0. The maximum absolute atomic E-state index is 12.3. The van der Waals surface area contributed by atoms with E-state index in [0.29, 0.717) is 6.42 Å². The molecule has 6 heteroatoms. The standard InChI is InChI=1S/C17H21N3O3/c1-17(2)9-14(19-16(21)10-20-7-6-18-11-20)13-5-4-12(22-3)8-15(13)23-17/h4-8,11,14H,9-10H2,1-3H3,(H,19,21)/t14-/m1/s1. The van der Waals surface area contributed by atoms with E-state index in [0.717, 1.165) is 17.1 Å². The summed E-state index contributed by atoms with van der Waals surface area (Å²) in [6.45, 7) is 4.29. The fraction of sp³-hybridized carbons (Fsp3) is 0.412. The quantitative estimate of drug-likeness (QED) is 0.940. The minimum Gasteiger partial charge on any atom is -0.497 e. The summed E-state index contributed by atoms with van der Waals surface area (Å²) in [4.78, 5) is 16.2. The van der Waals surface area contributed by atoms with E-state index in [9.17, 15) is 4.79 Å². The van der Waals surface area contributed by atoms with E-state index in [2.05, 4.69) is 10.3 Å². The molecule has 2 heterocycles. The van der Waals surface area contributed by atoms with E-state index >= 15 is 0 Å². The summed E-state index contributed by atoms with van der Waals surface area (Å²) in [5, 5.41) is 3.10. The molecule has 0 aliphatic carbocycles. The molecule has 0 bridgehead atoms. The fourth-order valence-corrected chi connectivity index (χ4v) is 2.87. The van der Waals surface area contributed by atoms with Crippen LogP contribution in [0.5, 0.6) is 11.5 Å². The van der Waals surface area contributed by atoms with Crippen molar-refractivity contribution in [3.8, 4) is 11.5 Å². The van der Waals surface area contributed by atoms with Crippen LogP contribution in [0.25, 0.3) is 0 Å². The van der Waals surface area contributed by atoms with E-state index in [1.807, 2.05) is 32.0 Å². The molecule has 1 N–H and O–H groups in total. The van der Waals surface area contributed by atoms with Gasteiger partial charge in [-0.2, -0.15) is 0 Å². The lowest BCUT2D eigenvalue weighted by Crippen LogP contribution is -2.42. The monoisotopic (exact) mass is 315 g/mol. The highest BCUT2D eigenvalue weighted by molar-refractivity contribution is 5.76. The molecule has 1 amide bonds. The van der Waals surface area contributed by atoms with Crippen LogP contribution in [0.2, 0.25) is 0 Å². The number of imidazole rings is 1. The molecule has 1 aromatic carbocycles. The van der Waals surface area contributed by atoms with Gasteiger partial charge in [0.05, 0.1) is 19.5 Å². The molecule has 23 heavy (non-hydrogen) atoms. The average molecular weight is 315 g/mol. The van der Waals surface area contributed by atoms with Crippen molar-refractivity contribution in [1.82, 2.24) is 14.9 Å². The van der Waals surface area contributed by atoms with Gasteiger partial charge in [0.25, 0.3) is 0 Å². The highest BCUT2D eigenvalue weighted by Gasteiger charge is 2.34. The topological polar surface area (TPSA) is 65.4 Å². The zero-order valence-corrected chi connectivity index (χ0v) is 13.6. The molecule has 1 atom stereocenters. The van der Waals surface area contributed by atoms with Crippen LogP contribution in [0, 0.1) is 0 Å². The van der Waals surface area contributed by atoms with Gasteiger partial charge < -0.3 is 19.4 Å². The molecule has 0 radical (unpaired) electrons. The van der Waals surface area contributed by atoms with Gasteiger partial charge in [-0.15, -0.1) is 0 Å². The first kappa shape index (κ1) is 15.4. The molecular formula is C17H21N3O3. The molecule has 0 saturated heterocycles. The number of carbonyl (C=O) groups is 1. The molecule has 122 valence electrons. The number of fused-ring (bicyclic) bond motifs is 1. The number of rotatable bonds is 4. The Hall–Kier alpha value is -2.50. The molecule has 0 spiro atoms. The number of amides is 1. The Morgan fingerprint density at radius 2 is 2.35 bits per heavy atom. The first-order chi connectivity index (χ1) is 11.0. The van der Waals surface area contributed by atoms with Crippen molar-refractivity contribution in [3.05, 3.63) is 42.5 Å². The minimum atomic E-state index is -0.355. The first-order valence-electron chi connectivity index (χ1n) is 7.59. The third-order valence-corrected chi connectivity index (χ3v) is 3.90. The first-order valence-corrected chi connectivity index (χ1v) is 7.59. The van der Waals surface area contributed by atoms with E-state index in [1.54, 1.807) is 30.4 Å². The van der Waals surface area contributed by atoms with Crippen LogP contribution in [0.15, 0.2) is 36.9 Å². The zero-order chi connectivity index (χ0) is 16.4. The molecule has 1 aliphatic rings. The Morgan fingerprint density at radius 1 is 1.52 bits per heavy atom. The summed E-state index contributed by atoms with van der Waals surface area (Å²) in [7, 11) is 1.63. The van der Waals surface area contributed by atoms with E-state index < -0.39 is 0 Å². The Labute approximate surface area is 135 Å². The summed E-state index contributed by atoms with van der Waals surface area (Å²) in [5.74, 6) is 1.45. The number of carbonyl (C=O) groups excluding carboxylic acids is 1. The van der Waals surface area contributed by atoms with Crippen molar-refractivity contribution < 1.29 is 14.3 Å². The van der Waals surface area contributed by atoms with Crippen molar-refractivity contribution in [2.45, 2.75) is 38.5 Å². The Kier molecular flexibility index (Phi) is 3.98. The van der Waals surface area contributed by atoms with Crippen LogP contribution >= 0.6 is 0 Å². The molecule has 0 unspecified atom stereocenters. The number of ether oxygens (including phenoxy) is 2. The van der Waals surface area contributed by atoms with E-state index in [1.165, 1.54) is 0 Å². The third kappa shape index (κ3) is 3.47. The van der Waals surface area contributed by atoms with Crippen LogP contribution < -0.4 is 14.8 Å². The number of hydrogen-bond acceptors (Lipinski definition) is 4. The van der Waals surface area contributed by atoms with Gasteiger partial charge in [-0.3, -0.25) is 4.79 Å². The number of nitrogens with zero attached hydrogens (tertiary/aromatic N) is 2. The molecule has 6 nitrogen and oxygen atoms in total. The lowest BCUT2D eigenvalue weighted by Gasteiger charge is -2.38. The van der Waals surface area contributed by atoms with E-state index in [4.69, 9.17) is 9.47 Å². The van der Waals surface area contributed by atoms with Gasteiger partial charge in [0.1, 0.15) is 23.6 Å². The number of hydrogen-bond donors (Lipinski definition) is 1. The summed E-state index contributed by atoms with van der Waals surface area (Å²) in [6, 6.07) is 5.61. The second-order valence-electron chi connectivity index (χ2n) is 6.32. The van der Waals surface area contributed by atoms with Crippen LogP contribution in [0.4, 0.5) is 0 Å². The molecule has 3 rings (SSSR count). The second-order valence-corrected chi connectivity index (χ2v) is 6.32. The van der Waals surface area contributed by atoms with Gasteiger partial charge in [0, 0.05) is 30.4 Å². The molecular weight excluding hydrogens is 294 g/mol. The third-order valence-electron chi connectivity index (χ3n) is 3.90. The number of aromatic nitrogens is 2. The van der Waals surface area contributed by atoms with Crippen molar-refractivity contribution in [2.24, 2.45) is 0 Å². The van der Waals surface area contributed by atoms with Crippen molar-refractivity contribution in [1.29, 1.82) is 0 Å². The Balaban J connectivity index is 1.80. The highest BCUT2D eigenvalue weighted by Crippen LogP contribution is 2.41. The summed E-state index contributed by atoms with van der Waals surface area (Å²) in [5.41, 5.74) is 0.621. The molecule has 1 aromatic heterocycles. The Bertz CT molecular complexity index is 695. The lowest BCUT2D eigenvalue weighted by atomic mass is 9.89. The van der Waals surface area contributed by atoms with Crippen molar-refractivity contribution in [2.75, 3.05) is 7.11 Å². The molecule has 1 aliphatic heterocycles. The largest absolute Gasteiger partial charge is 0.497 e. The summed E-state index contributed by atoms with van der Waals surface area (Å²) in [6.07, 6.45) is 5.77. The van der Waals surface area contributed by atoms with Crippen LogP contribution in [-0.2, 0) is 11.3 Å². The zero-order valence-electron chi connectivity index (χ0n) is 13.6. The Morgan fingerprint density at radius 3 is 3.04 bits per heavy atom. The van der Waals surface area contributed by atoms with Crippen molar-refractivity contribution >= 4 is 5.91 Å². The van der Waals surface area contributed by atoms with Gasteiger partial charge >= 0.3 is 0 Å². The number of benzene rings is 1. The number of methoxy groups -OCH3 is 1. The average Bonchev–Trinajstić information content (AvgIpc) is 2.98. The molecule has 0 fully saturated rings. The SMILES string of the molecule is COc1ccc2c(c1)OC(C)(C)C[C@H]2NC(=O)Cn1ccnc1. The predicted octanol–water partition coefficient (Wildman–Crippen LogP) is 2.31. The van der Waals surface area contributed by atoms with Gasteiger partial charge in [0.2, 0.25) is 5.91 Å². The van der Waals surface area contributed by atoms with Gasteiger partial charge in [0.15, 0.2) is 0 Å². The summed E-state index contributed by atoms with van der Waals surface area (Å²) >= 11 is 0. The van der Waals surface area contributed by atoms with Crippen LogP contribution in [-0.4, -0.2) is 28.2 Å². The smallest absolute Gasteiger partial charge is 0.240 e. The predicted molar refractivity (Wildman–Crippen MR) is 85.4 cm³/mol. The minimum absolute atomic E-state index is 0.0486. The van der Waals surface area contributed by atoms with Crippen LogP contribution in [0.1, 0.15) is 31.9 Å². The van der Waals surface area contributed by atoms with Gasteiger partial charge in [-0.1, -0.05) is 0 Å². The second kappa shape index (κ2) is 5.95. The lowest BCUT2D eigenvalue weighted by molar-refractivity contribution is -0.122. The highest BCUT2D eigenvalue weighted by atomic mass is 16.5. The van der Waals surface area contributed by atoms with E-state index in [-0.39, 0.29) is 24.1 Å². The van der Waals surface area contributed by atoms with Crippen LogP contribution in [0.3, 0.4) is 0 Å². The fourth-order valence-electron chi connectivity index (χ4n) is 2.87. The van der Waals surface area contributed by atoms with Gasteiger partial charge in [-0.25, -0.2) is 4.98 Å². The molecule has 2 aromatic rings. The van der Waals surface area contributed by atoms with Crippen molar-refractivity contribution in [3.63, 3.8) is 0 Å². The molecule has 0 saturated carbocycles.